The van der Waals surface area contributed by atoms with Crippen molar-refractivity contribution in [3.63, 3.8) is 0 Å². The van der Waals surface area contributed by atoms with E-state index in [1.54, 1.807) is 32.0 Å². The number of esters is 1. The smallest absolute Gasteiger partial charge is 0.309 e. The van der Waals surface area contributed by atoms with E-state index >= 15 is 0 Å². The first-order valence-corrected chi connectivity index (χ1v) is 9.93. The molecule has 1 saturated carbocycles. The average molecular weight is 382 g/mol. The van der Waals surface area contributed by atoms with Crippen molar-refractivity contribution < 1.29 is 32.2 Å². The van der Waals surface area contributed by atoms with E-state index in [4.69, 9.17) is 14.2 Å². The molecule has 1 saturated heterocycles. The summed E-state index contributed by atoms with van der Waals surface area (Å²) in [5.41, 5.74) is 0. The van der Waals surface area contributed by atoms with Gasteiger partial charge in [0.25, 0.3) is 0 Å². The molecule has 8 heteroatoms. The number of methoxy groups -OCH3 is 1. The molecule has 1 aromatic rings. The molecule has 0 N–H and O–H groups in total. The predicted molar refractivity (Wildman–Crippen MR) is 90.9 cm³/mol. The second kappa shape index (κ2) is 6.75. The van der Waals surface area contributed by atoms with Gasteiger partial charge in [-0.25, -0.2) is 8.42 Å². The molecular formula is C18H22O7S. The van der Waals surface area contributed by atoms with E-state index in [1.165, 1.54) is 19.2 Å². The van der Waals surface area contributed by atoms with Crippen molar-refractivity contribution in [1.29, 1.82) is 0 Å². The van der Waals surface area contributed by atoms with Gasteiger partial charge in [0.2, 0.25) is 0 Å². The molecule has 0 bridgehead atoms. The van der Waals surface area contributed by atoms with Gasteiger partial charge in [-0.3, -0.25) is 9.59 Å². The monoisotopic (exact) mass is 382 g/mol. The molecule has 2 aliphatic rings. The number of rotatable bonds is 4. The highest BCUT2D eigenvalue weighted by molar-refractivity contribution is 7.92. The third-order valence-corrected chi connectivity index (χ3v) is 7.10. The van der Waals surface area contributed by atoms with Crippen LogP contribution in [0.1, 0.15) is 20.3 Å². The van der Waals surface area contributed by atoms with Crippen molar-refractivity contribution in [2.75, 3.05) is 13.7 Å². The van der Waals surface area contributed by atoms with Gasteiger partial charge in [-0.2, -0.15) is 0 Å². The van der Waals surface area contributed by atoms with Crippen molar-refractivity contribution in [3.05, 3.63) is 30.3 Å². The first-order valence-electron chi connectivity index (χ1n) is 8.38. The van der Waals surface area contributed by atoms with Gasteiger partial charge in [0.15, 0.2) is 21.4 Å². The summed E-state index contributed by atoms with van der Waals surface area (Å²) in [5, 5.41) is -1.36. The van der Waals surface area contributed by atoms with Gasteiger partial charge in [-0.05, 0) is 26.0 Å². The van der Waals surface area contributed by atoms with Crippen LogP contribution in [0.3, 0.4) is 0 Å². The summed E-state index contributed by atoms with van der Waals surface area (Å²) in [6.45, 7) is 3.52. The third-order valence-electron chi connectivity index (χ3n) is 4.92. The van der Waals surface area contributed by atoms with Crippen LogP contribution in [0.25, 0.3) is 0 Å². The van der Waals surface area contributed by atoms with E-state index < -0.39 is 50.6 Å². The lowest BCUT2D eigenvalue weighted by molar-refractivity contribution is -0.157. The number of hydrogen-bond donors (Lipinski definition) is 0. The van der Waals surface area contributed by atoms with Gasteiger partial charge in [0, 0.05) is 12.3 Å². The molecule has 1 heterocycles. The zero-order valence-electron chi connectivity index (χ0n) is 14.9. The Kier molecular flexibility index (Phi) is 4.94. The topological polar surface area (TPSA) is 96.0 Å². The minimum Gasteiger partial charge on any atom is -0.469 e. The molecule has 1 aliphatic heterocycles. The largest absolute Gasteiger partial charge is 0.469 e. The van der Waals surface area contributed by atoms with Gasteiger partial charge in [-0.1, -0.05) is 18.2 Å². The van der Waals surface area contributed by atoms with Crippen molar-refractivity contribution in [1.82, 2.24) is 0 Å². The summed E-state index contributed by atoms with van der Waals surface area (Å²) in [6.07, 6.45) is -0.877. The van der Waals surface area contributed by atoms with Crippen LogP contribution >= 0.6 is 0 Å². The van der Waals surface area contributed by atoms with Gasteiger partial charge in [0.05, 0.1) is 30.6 Å². The first-order chi connectivity index (χ1) is 12.2. The zero-order chi connectivity index (χ0) is 19.1. The summed E-state index contributed by atoms with van der Waals surface area (Å²) >= 11 is 0. The lowest BCUT2D eigenvalue weighted by atomic mass is 9.90. The van der Waals surface area contributed by atoms with Crippen LogP contribution in [0.2, 0.25) is 0 Å². The second-order valence-electron chi connectivity index (χ2n) is 7.02. The highest BCUT2D eigenvalue weighted by atomic mass is 32.2. The number of benzene rings is 1. The van der Waals surface area contributed by atoms with Crippen LogP contribution in [0.15, 0.2) is 35.2 Å². The molecule has 0 unspecified atom stereocenters. The molecule has 3 rings (SSSR count). The number of carbonyl (C=O) groups excluding carboxylic acids is 2. The Morgan fingerprint density at radius 1 is 1.23 bits per heavy atom. The molecular weight excluding hydrogens is 360 g/mol. The molecule has 4 atom stereocenters. The van der Waals surface area contributed by atoms with Crippen LogP contribution in [0.4, 0.5) is 0 Å². The Balaban J connectivity index is 2.04. The number of Topliss-reactive ketones (excluding diaryl/α,β-unsaturated/α-hetero) is 1. The van der Waals surface area contributed by atoms with E-state index in [0.717, 1.165) is 0 Å². The fraction of sp³-hybridized carbons (Fsp3) is 0.556. The van der Waals surface area contributed by atoms with Crippen molar-refractivity contribution in [2.24, 2.45) is 11.8 Å². The molecule has 142 valence electrons. The van der Waals surface area contributed by atoms with Gasteiger partial charge in [-0.15, -0.1) is 0 Å². The number of ether oxygens (including phenoxy) is 3. The van der Waals surface area contributed by atoms with Crippen LogP contribution < -0.4 is 0 Å². The number of sulfone groups is 1. The fourth-order valence-corrected chi connectivity index (χ4v) is 5.83. The third kappa shape index (κ3) is 3.28. The maximum atomic E-state index is 13.2. The maximum Gasteiger partial charge on any atom is 0.309 e. The highest BCUT2D eigenvalue weighted by Gasteiger charge is 2.58. The quantitative estimate of drug-likeness (QED) is 0.726. The molecule has 26 heavy (non-hydrogen) atoms. The van der Waals surface area contributed by atoms with Crippen molar-refractivity contribution in [3.8, 4) is 0 Å². The molecule has 0 aromatic heterocycles. The normalized spacial score (nSPS) is 31.1. The van der Waals surface area contributed by atoms with Crippen molar-refractivity contribution in [2.45, 2.75) is 42.3 Å². The molecule has 0 amide bonds. The van der Waals surface area contributed by atoms with E-state index in [9.17, 15) is 18.0 Å². The molecule has 0 spiro atoms. The lowest BCUT2D eigenvalue weighted by Crippen LogP contribution is -2.43. The van der Waals surface area contributed by atoms with Gasteiger partial charge in [0.1, 0.15) is 5.25 Å². The number of hydrogen-bond acceptors (Lipinski definition) is 7. The molecule has 7 nitrogen and oxygen atoms in total. The summed E-state index contributed by atoms with van der Waals surface area (Å²) in [4.78, 5) is 24.9. The van der Waals surface area contributed by atoms with Crippen LogP contribution in [0.5, 0.6) is 0 Å². The summed E-state index contributed by atoms with van der Waals surface area (Å²) < 4.78 is 42.5. The summed E-state index contributed by atoms with van der Waals surface area (Å²) in [5.74, 6) is -3.75. The van der Waals surface area contributed by atoms with Crippen LogP contribution in [-0.2, 0) is 33.6 Å². The first kappa shape index (κ1) is 19.0. The highest BCUT2D eigenvalue weighted by Crippen LogP contribution is 2.43. The Morgan fingerprint density at radius 3 is 2.42 bits per heavy atom. The fourth-order valence-electron chi connectivity index (χ4n) is 3.78. The van der Waals surface area contributed by atoms with Gasteiger partial charge >= 0.3 is 5.97 Å². The Hall–Kier alpha value is -1.77. The Morgan fingerprint density at radius 2 is 1.88 bits per heavy atom. The second-order valence-corrected chi connectivity index (χ2v) is 9.09. The summed E-state index contributed by atoms with van der Waals surface area (Å²) in [6, 6.07) is 7.78. The maximum absolute atomic E-state index is 13.2. The van der Waals surface area contributed by atoms with E-state index in [0.29, 0.717) is 0 Å². The van der Waals surface area contributed by atoms with Crippen LogP contribution in [0, 0.1) is 11.8 Å². The van der Waals surface area contributed by atoms with Crippen LogP contribution in [-0.4, -0.2) is 51.0 Å². The number of ketones is 1. The minimum atomic E-state index is -3.98. The Labute approximate surface area is 152 Å². The van der Waals surface area contributed by atoms with E-state index in [2.05, 4.69) is 0 Å². The predicted octanol–water partition coefficient (Wildman–Crippen LogP) is 1.36. The summed E-state index contributed by atoms with van der Waals surface area (Å²) in [7, 11) is -2.76. The SMILES string of the molecule is COC(=O)[C@@H]1CC(=O)[C@H](S(=O)(=O)c2ccccc2)[C@H]1[C@H]1COC(C)(C)O1. The molecule has 1 aliphatic carbocycles. The van der Waals surface area contributed by atoms with E-state index in [-0.39, 0.29) is 17.9 Å². The molecule has 1 aromatic carbocycles. The van der Waals surface area contributed by atoms with Gasteiger partial charge < -0.3 is 14.2 Å². The average Bonchev–Trinajstić information content (AvgIpc) is 3.14. The zero-order valence-corrected chi connectivity index (χ0v) is 15.7. The Bertz CT molecular complexity index is 800. The molecule has 2 fully saturated rings. The lowest BCUT2D eigenvalue weighted by Gasteiger charge is -2.28. The standard InChI is InChI=1S/C18H22O7S/c1-18(2)24-10-14(25-18)15-12(17(20)23-3)9-13(19)16(15)26(21,22)11-7-5-4-6-8-11/h4-8,12,14-16H,9-10H2,1-3H3/t12-,14-,15-,16+/m1/s1. The number of carbonyl (C=O) groups is 2. The minimum absolute atomic E-state index is 0.0482. The van der Waals surface area contributed by atoms with E-state index in [1.807, 2.05) is 0 Å². The molecule has 0 radical (unpaired) electrons. The van der Waals surface area contributed by atoms with Crippen molar-refractivity contribution >= 4 is 21.6 Å².